The molecule has 4 saturated carbocycles. The maximum atomic E-state index is 6.43. The lowest BCUT2D eigenvalue weighted by atomic mass is 9.42. The zero-order valence-electron chi connectivity index (χ0n) is 31.2. The number of para-hydroxylation sites is 1. The second kappa shape index (κ2) is 11.8. The van der Waals surface area contributed by atoms with Crippen LogP contribution in [0.25, 0.3) is 55.3 Å². The Kier molecular flexibility index (Phi) is 6.77. The summed E-state index contributed by atoms with van der Waals surface area (Å²) in [5, 5.41) is 2.27. The first kappa shape index (κ1) is 31.5. The van der Waals surface area contributed by atoms with E-state index in [4.69, 9.17) is 4.42 Å². The Balaban J connectivity index is 1.03. The quantitative estimate of drug-likeness (QED) is 0.177. The second-order valence-electron chi connectivity index (χ2n) is 16.9. The summed E-state index contributed by atoms with van der Waals surface area (Å²) in [6, 6.07) is 58.5. The minimum absolute atomic E-state index is 0.117. The fraction of sp³-hybridized carbons (Fsp3) is 0.208. The molecule has 4 fully saturated rings. The minimum atomic E-state index is 0.117. The molecule has 5 aliphatic rings. The predicted molar refractivity (Wildman–Crippen MR) is 227 cm³/mol. The number of hydrogen-bond acceptors (Lipinski definition) is 2. The van der Waals surface area contributed by atoms with Crippen LogP contribution in [0.4, 0.5) is 17.1 Å². The Hall–Kier alpha value is -5.86. The number of aryl methyl sites for hydroxylation is 1. The highest BCUT2D eigenvalue weighted by Crippen LogP contribution is 2.70. The van der Waals surface area contributed by atoms with Gasteiger partial charge in [0.25, 0.3) is 0 Å². The van der Waals surface area contributed by atoms with Crippen molar-refractivity contribution < 1.29 is 4.42 Å². The average molecular weight is 710 g/mol. The summed E-state index contributed by atoms with van der Waals surface area (Å²) in [6.45, 7) is 2.33. The first-order valence-corrected chi connectivity index (χ1v) is 20.4. The van der Waals surface area contributed by atoms with Gasteiger partial charge in [-0.2, -0.15) is 0 Å². The van der Waals surface area contributed by atoms with Gasteiger partial charge in [-0.25, -0.2) is 0 Å². The van der Waals surface area contributed by atoms with Crippen LogP contribution in [0.1, 0.15) is 48.8 Å². The molecule has 8 aromatic rings. The van der Waals surface area contributed by atoms with Gasteiger partial charge in [-0.15, -0.1) is 0 Å². The molecule has 1 spiro atoms. The van der Waals surface area contributed by atoms with Gasteiger partial charge in [0.1, 0.15) is 11.2 Å². The van der Waals surface area contributed by atoms with Crippen LogP contribution in [0.3, 0.4) is 0 Å². The molecule has 1 heterocycles. The van der Waals surface area contributed by atoms with Crippen LogP contribution < -0.4 is 4.90 Å². The Bertz CT molecular complexity index is 2760. The molecule has 5 aliphatic carbocycles. The van der Waals surface area contributed by atoms with Crippen molar-refractivity contribution in [2.75, 3.05) is 4.90 Å². The molecule has 0 N–H and O–H groups in total. The summed E-state index contributed by atoms with van der Waals surface area (Å²) in [5.74, 6) is 3.29. The third-order valence-electron chi connectivity index (χ3n) is 14.2. The summed E-state index contributed by atoms with van der Waals surface area (Å²) in [4.78, 5) is 2.43. The number of anilines is 3. The van der Waals surface area contributed by atoms with Crippen molar-refractivity contribution in [3.63, 3.8) is 0 Å². The van der Waals surface area contributed by atoms with Gasteiger partial charge in [0, 0.05) is 22.2 Å². The van der Waals surface area contributed by atoms with Crippen LogP contribution in [0.15, 0.2) is 162 Å². The van der Waals surface area contributed by atoms with Crippen molar-refractivity contribution in [3.05, 3.63) is 174 Å². The van der Waals surface area contributed by atoms with Gasteiger partial charge in [-0.1, -0.05) is 115 Å². The van der Waals surface area contributed by atoms with Crippen molar-refractivity contribution in [3.8, 4) is 33.4 Å². The summed E-state index contributed by atoms with van der Waals surface area (Å²) in [5.41, 5.74) is 18.0. The van der Waals surface area contributed by atoms with E-state index < -0.39 is 0 Å². The van der Waals surface area contributed by atoms with Gasteiger partial charge in [0.05, 0.1) is 11.1 Å². The molecular weight excluding hydrogens is 667 g/mol. The molecule has 0 unspecified atom stereocenters. The van der Waals surface area contributed by atoms with Gasteiger partial charge in [0.15, 0.2) is 0 Å². The van der Waals surface area contributed by atoms with Crippen molar-refractivity contribution in [1.29, 1.82) is 0 Å². The predicted octanol–water partition coefficient (Wildman–Crippen LogP) is 14.4. The molecule has 13 rings (SSSR count). The van der Waals surface area contributed by atoms with E-state index in [-0.39, 0.29) is 5.41 Å². The van der Waals surface area contributed by atoms with Crippen LogP contribution in [-0.4, -0.2) is 0 Å². The standard InChI is InChI=1S/C53H43NO/c1-33-27-41(54(40-23-21-37(22-24-40)36-11-3-2-4-12-36)48-18-10-20-50-51(48)46-14-6-8-19-49(46)55-50)25-26-42(33)44-15-9-16-45-43-13-5-7-17-47(43)53(52(44)45)38-29-34-28-35(31-38)32-39(53)30-34/h2-27,34-35,38-39H,28-32H2,1H3. The van der Waals surface area contributed by atoms with E-state index in [1.807, 2.05) is 0 Å². The summed E-state index contributed by atoms with van der Waals surface area (Å²) >= 11 is 0. The van der Waals surface area contributed by atoms with Gasteiger partial charge in [-0.05, 0) is 155 Å². The fourth-order valence-electron chi connectivity index (χ4n) is 12.3. The highest BCUT2D eigenvalue weighted by atomic mass is 16.3. The maximum absolute atomic E-state index is 6.43. The molecule has 0 saturated heterocycles. The van der Waals surface area contributed by atoms with Gasteiger partial charge >= 0.3 is 0 Å². The first-order chi connectivity index (χ1) is 27.1. The largest absolute Gasteiger partial charge is 0.456 e. The van der Waals surface area contributed by atoms with Crippen molar-refractivity contribution in [1.82, 2.24) is 0 Å². The lowest BCUT2D eigenvalue weighted by molar-refractivity contribution is -0.0397. The molecule has 4 bridgehead atoms. The average Bonchev–Trinajstić information content (AvgIpc) is 3.75. The zero-order valence-corrected chi connectivity index (χ0v) is 31.2. The minimum Gasteiger partial charge on any atom is -0.456 e. The molecule has 2 nitrogen and oxygen atoms in total. The van der Waals surface area contributed by atoms with Gasteiger partial charge in [-0.3, -0.25) is 0 Å². The number of rotatable bonds is 5. The van der Waals surface area contributed by atoms with Crippen LogP contribution in [0, 0.1) is 30.6 Å². The summed E-state index contributed by atoms with van der Waals surface area (Å²) in [6.07, 6.45) is 7.02. The normalized spacial score (nSPS) is 23.1. The lowest BCUT2D eigenvalue weighted by Crippen LogP contribution is -2.55. The molecule has 266 valence electrons. The Labute approximate surface area is 323 Å². The van der Waals surface area contributed by atoms with Crippen molar-refractivity contribution >= 4 is 39.0 Å². The van der Waals surface area contributed by atoms with E-state index >= 15 is 0 Å². The lowest BCUT2D eigenvalue weighted by Gasteiger charge is -2.61. The number of benzene rings is 7. The van der Waals surface area contributed by atoms with Crippen LogP contribution >= 0.6 is 0 Å². The molecule has 0 radical (unpaired) electrons. The third-order valence-corrected chi connectivity index (χ3v) is 14.2. The zero-order chi connectivity index (χ0) is 36.3. The summed E-state index contributed by atoms with van der Waals surface area (Å²) < 4.78 is 6.43. The van der Waals surface area contributed by atoms with Crippen LogP contribution in [0.5, 0.6) is 0 Å². The number of furan rings is 1. The Morgan fingerprint density at radius 1 is 0.509 bits per heavy atom. The van der Waals surface area contributed by atoms with Crippen molar-refractivity contribution in [2.24, 2.45) is 23.7 Å². The number of hydrogen-bond donors (Lipinski definition) is 0. The van der Waals surface area contributed by atoms with E-state index in [2.05, 4.69) is 170 Å². The molecule has 7 aromatic carbocycles. The molecule has 2 heteroatoms. The van der Waals surface area contributed by atoms with E-state index in [1.54, 1.807) is 11.1 Å². The smallest absolute Gasteiger partial charge is 0.137 e. The number of nitrogens with zero attached hydrogens (tertiary/aromatic N) is 1. The maximum Gasteiger partial charge on any atom is 0.137 e. The van der Waals surface area contributed by atoms with E-state index in [9.17, 15) is 0 Å². The SMILES string of the molecule is Cc1cc(N(c2ccc(-c3ccccc3)cc2)c2cccc3oc4ccccc4c23)ccc1-c1cccc2c1C1(c3ccccc3-2)C2CC3CC(C2)CC1C3. The van der Waals surface area contributed by atoms with Crippen LogP contribution in [-0.2, 0) is 5.41 Å². The second-order valence-corrected chi connectivity index (χ2v) is 16.9. The summed E-state index contributed by atoms with van der Waals surface area (Å²) in [7, 11) is 0. The molecular formula is C53H43NO. The molecule has 0 aliphatic heterocycles. The number of fused-ring (bicyclic) bond motifs is 6. The van der Waals surface area contributed by atoms with Gasteiger partial charge < -0.3 is 9.32 Å². The first-order valence-electron chi connectivity index (χ1n) is 20.4. The Morgan fingerprint density at radius 3 is 1.91 bits per heavy atom. The fourth-order valence-corrected chi connectivity index (χ4v) is 12.3. The van der Waals surface area contributed by atoms with E-state index in [0.717, 1.165) is 62.7 Å². The molecule has 55 heavy (non-hydrogen) atoms. The van der Waals surface area contributed by atoms with E-state index in [1.165, 1.54) is 71.0 Å². The monoisotopic (exact) mass is 709 g/mol. The third kappa shape index (κ3) is 4.49. The van der Waals surface area contributed by atoms with Crippen LogP contribution in [0.2, 0.25) is 0 Å². The van der Waals surface area contributed by atoms with E-state index in [0.29, 0.717) is 0 Å². The highest BCUT2D eigenvalue weighted by Gasteiger charge is 2.62. The Morgan fingerprint density at radius 2 is 1.13 bits per heavy atom. The topological polar surface area (TPSA) is 16.4 Å². The highest BCUT2D eigenvalue weighted by molar-refractivity contribution is 6.13. The molecule has 0 amide bonds. The molecule has 0 atom stereocenters. The molecule has 1 aromatic heterocycles. The van der Waals surface area contributed by atoms with Gasteiger partial charge in [0.2, 0.25) is 0 Å². The van der Waals surface area contributed by atoms with Crippen molar-refractivity contribution in [2.45, 2.75) is 44.4 Å².